The third-order valence-electron chi connectivity index (χ3n) is 17.0. The van der Waals surface area contributed by atoms with Gasteiger partial charge in [-0.1, -0.05) is 103 Å². The van der Waals surface area contributed by atoms with Crippen LogP contribution in [-0.2, 0) is 25.9 Å². The lowest BCUT2D eigenvalue weighted by atomic mass is 10.1. The summed E-state index contributed by atoms with van der Waals surface area (Å²) < 4.78 is 44.7. The zero-order valence-electron chi connectivity index (χ0n) is 65.8. The van der Waals surface area contributed by atoms with Gasteiger partial charge in [0, 0.05) is 43.6 Å². The summed E-state index contributed by atoms with van der Waals surface area (Å²) in [6.07, 6.45) is 23.7. The van der Waals surface area contributed by atoms with Crippen molar-refractivity contribution in [2.45, 2.75) is 194 Å². The van der Waals surface area contributed by atoms with Gasteiger partial charge in [-0.2, -0.15) is 68.9 Å². The third kappa shape index (κ3) is 37.5. The molecule has 0 bridgehead atoms. The summed E-state index contributed by atoms with van der Waals surface area (Å²) in [5.74, 6) is 9.23. The molecule has 0 unspecified atom stereocenters. The number of anilines is 7. The van der Waals surface area contributed by atoms with Gasteiger partial charge in [-0.15, -0.1) is 0 Å². The van der Waals surface area contributed by atoms with Crippen molar-refractivity contribution in [3.05, 3.63) is 144 Å². The number of methoxy groups -OCH3 is 2. The van der Waals surface area contributed by atoms with Crippen LogP contribution in [0.3, 0.4) is 0 Å². The molecular formula is C79H124N16O12S4. The Labute approximate surface area is 683 Å². The lowest BCUT2D eigenvalue weighted by Crippen LogP contribution is -2.25. The van der Waals surface area contributed by atoms with Crippen LogP contribution in [-0.4, -0.2) is 157 Å². The molecule has 616 valence electrons. The van der Waals surface area contributed by atoms with Crippen LogP contribution in [0, 0.1) is 13.8 Å². The van der Waals surface area contributed by atoms with Gasteiger partial charge in [0.15, 0.2) is 57.8 Å². The summed E-state index contributed by atoms with van der Waals surface area (Å²) in [6.45, 7) is 15.0. The number of fused-ring (bicyclic) bond motifs is 1. The van der Waals surface area contributed by atoms with Gasteiger partial charge in [-0.05, 0) is 163 Å². The Morgan fingerprint density at radius 2 is 0.820 bits per heavy atom. The van der Waals surface area contributed by atoms with Crippen LogP contribution in [0.25, 0.3) is 0 Å². The van der Waals surface area contributed by atoms with E-state index in [9.17, 15) is 20.4 Å². The van der Waals surface area contributed by atoms with Crippen LogP contribution in [0.1, 0.15) is 164 Å². The van der Waals surface area contributed by atoms with Crippen LogP contribution in [0.15, 0.2) is 110 Å². The van der Waals surface area contributed by atoms with Gasteiger partial charge in [0.25, 0.3) is 0 Å². The van der Waals surface area contributed by atoms with E-state index in [1.807, 2.05) is 68.4 Å². The zero-order chi connectivity index (χ0) is 76.8. The molecule has 5 aromatic heterocycles. The van der Waals surface area contributed by atoms with Gasteiger partial charge in [0.2, 0.25) is 24.6 Å². The molecule has 14 N–H and O–H groups in total. The number of rotatable bonds is 45. The molecule has 28 nitrogen and oxygen atoms in total. The Morgan fingerprint density at radius 1 is 0.423 bits per heavy atom. The maximum atomic E-state index is 9.62. The summed E-state index contributed by atoms with van der Waals surface area (Å²) in [6, 6.07) is 28.2. The number of nitrogens with two attached hydrogens (primary N) is 3. The molecule has 3 aromatic carbocycles. The van der Waals surface area contributed by atoms with Crippen LogP contribution in [0.4, 0.5) is 41.1 Å². The first kappa shape index (κ1) is 98.4. The number of nitrogens with zero attached hydrogens (tertiary/aromatic N) is 9. The largest absolute Gasteiger partial charge is 0.497 e. The fraction of sp³-hybridized carbons (Fsp3) is 0.506. The van der Waals surface area contributed by atoms with E-state index in [0.29, 0.717) is 97.8 Å². The van der Waals surface area contributed by atoms with Gasteiger partial charge in [-0.3, -0.25) is 4.98 Å². The molecule has 9 rings (SSSR count). The second kappa shape index (κ2) is 57.4. The van der Waals surface area contributed by atoms with Crippen molar-refractivity contribution >= 4 is 95.1 Å². The normalized spacial score (nSPS) is 11.8. The van der Waals surface area contributed by atoms with Crippen molar-refractivity contribution in [2.75, 3.05) is 106 Å². The van der Waals surface area contributed by atoms with E-state index < -0.39 is 0 Å². The first-order chi connectivity index (χ1) is 52.1. The van der Waals surface area contributed by atoms with Crippen molar-refractivity contribution in [2.24, 2.45) is 0 Å². The SMILES string of the molecule is CCCC[C@@H](CCO)Nc1nc(N)ncc1OCCCc1ccc(OC)cc1.CCCC[C@@H](CO)Nc1nc(C)ncc1OCCCc1ccc2c(c1)OCO2.CCC[C@@H](CCO)Nc1nc(N)ncc1OCCCc1ccc(OC)cc1.CCC[C@@H](CCO)Nc1nc(N)ncc1OCc1cccc(C)n1.S.S.S.S. The Hall–Kier alpha value is -8.63. The van der Waals surface area contributed by atoms with E-state index in [1.54, 1.807) is 39.0 Å². The van der Waals surface area contributed by atoms with E-state index in [4.69, 9.17) is 55.1 Å². The van der Waals surface area contributed by atoms with Crippen LogP contribution < -0.4 is 76.4 Å². The number of aliphatic hydroxyl groups excluding tert-OH is 4. The van der Waals surface area contributed by atoms with E-state index in [2.05, 4.69) is 124 Å². The van der Waals surface area contributed by atoms with Crippen LogP contribution in [0.2, 0.25) is 0 Å². The van der Waals surface area contributed by atoms with E-state index in [1.165, 1.54) is 16.7 Å². The van der Waals surface area contributed by atoms with Crippen molar-refractivity contribution in [1.29, 1.82) is 0 Å². The topological polar surface area (TPSA) is 397 Å². The Balaban J connectivity index is 0.000000497. The molecule has 8 aromatic rings. The smallest absolute Gasteiger partial charge is 0.231 e. The first-order valence-corrected chi connectivity index (χ1v) is 37.4. The second-order valence-electron chi connectivity index (χ2n) is 25.7. The number of nitrogens with one attached hydrogen (secondary N) is 4. The molecule has 1 aliphatic rings. The molecule has 6 heterocycles. The van der Waals surface area contributed by atoms with Crippen LogP contribution >= 0.6 is 54.0 Å². The maximum Gasteiger partial charge on any atom is 0.231 e. The van der Waals surface area contributed by atoms with Crippen molar-refractivity contribution in [3.63, 3.8) is 0 Å². The van der Waals surface area contributed by atoms with Gasteiger partial charge in [-0.25, -0.2) is 24.9 Å². The van der Waals surface area contributed by atoms with E-state index >= 15 is 0 Å². The molecule has 0 amide bonds. The molecule has 32 heteroatoms. The molecule has 1 aliphatic heterocycles. The molecule has 0 aliphatic carbocycles. The van der Waals surface area contributed by atoms with Gasteiger partial charge < -0.3 is 96.8 Å². The Bertz CT molecular complexity index is 3770. The number of pyridine rings is 1. The number of hydrogen-bond acceptors (Lipinski definition) is 28. The fourth-order valence-electron chi connectivity index (χ4n) is 11.3. The van der Waals surface area contributed by atoms with Crippen LogP contribution in [0.5, 0.6) is 46.0 Å². The molecule has 111 heavy (non-hydrogen) atoms. The lowest BCUT2D eigenvalue weighted by Gasteiger charge is -2.20. The Morgan fingerprint density at radius 3 is 1.24 bits per heavy atom. The molecule has 0 radical (unpaired) electrons. The number of unbranched alkanes of at least 4 members (excludes halogenated alkanes) is 2. The second-order valence-corrected chi connectivity index (χ2v) is 25.7. The number of hydrogen-bond donors (Lipinski definition) is 11. The molecule has 0 spiro atoms. The molecule has 4 atom stereocenters. The summed E-state index contributed by atoms with van der Waals surface area (Å²) in [4.78, 5) is 38.0. The highest BCUT2D eigenvalue weighted by Crippen LogP contribution is 2.34. The van der Waals surface area contributed by atoms with Crippen molar-refractivity contribution in [1.82, 2.24) is 44.9 Å². The monoisotopic (exact) mass is 1620 g/mol. The summed E-state index contributed by atoms with van der Waals surface area (Å²) in [5.41, 5.74) is 22.6. The number of aromatic nitrogens is 9. The number of aryl methyl sites for hydroxylation is 5. The molecule has 0 fully saturated rings. The minimum atomic E-state index is -0.0368. The van der Waals surface area contributed by atoms with Gasteiger partial charge >= 0.3 is 0 Å². The highest BCUT2D eigenvalue weighted by Gasteiger charge is 2.20. The van der Waals surface area contributed by atoms with Crippen molar-refractivity contribution in [3.8, 4) is 46.0 Å². The number of benzene rings is 3. The molecule has 0 saturated carbocycles. The quantitative estimate of drug-likeness (QED) is 0.0158. The zero-order valence-corrected chi connectivity index (χ0v) is 69.8. The molecular weight excluding hydrogens is 1490 g/mol. The van der Waals surface area contributed by atoms with E-state index in [0.717, 1.165) is 137 Å². The predicted octanol–water partition coefficient (Wildman–Crippen LogP) is 12.7. The standard InChI is InChI=1S/C21H32N4O3.C21H29N3O4.C20H30N4O3.C17H25N5O2.4H2S/c1-3-4-7-17(12-13-26)24-20-19(15-23-21(22)25-20)28-14-5-6-16-8-10-18(27-2)11-9-16;1-3-4-7-17(13-25)24-21-20(12-22-15(2)23-21)26-10-5-6-16-8-9-18-19(11-16)28-14-27-18;1-3-5-16(11-12-25)23-19-18(14-22-20(21)24-19)27-13-4-6-15-7-9-17(26-2)10-8-15;1-3-5-13(8-9-23)21-16-15(10-19-17(18)22-16)24-11-14-7-4-6-12(2)20-14;;;;/h8-11,15,17,26H,3-7,12-14H2,1-2H3,(H3,22,23,24,25);8-9,11-12,17,25H,3-7,10,13-14H2,1-2H3,(H,22,23,24);7-10,14,16,25H,3-6,11-13H2,1-2H3,(H3,21,22,23,24);4,6-7,10,13,23H,3,5,8-9,11H2,1-2H3,(H3,18,19,21,22);4*1H2/t2*17-;16-;13-;;;;/m0000..../s1. The number of ether oxygens (including phenoxy) is 8. The highest BCUT2D eigenvalue weighted by molar-refractivity contribution is 7.59. The minimum Gasteiger partial charge on any atom is -0.497 e. The highest BCUT2D eigenvalue weighted by atomic mass is 32.1. The fourth-order valence-corrected chi connectivity index (χ4v) is 11.3. The Kier molecular flexibility index (Phi) is 50.9. The average Bonchev–Trinajstić information content (AvgIpc) is 1.61. The van der Waals surface area contributed by atoms with Gasteiger partial charge in [0.05, 0.1) is 77.2 Å². The van der Waals surface area contributed by atoms with Gasteiger partial charge in [0.1, 0.15) is 23.9 Å². The van der Waals surface area contributed by atoms with E-state index in [-0.39, 0.29) is 129 Å². The maximum absolute atomic E-state index is 9.62. The average molecular weight is 1620 g/mol. The molecule has 0 saturated heterocycles. The number of nitrogen functional groups attached to an aromatic ring is 3. The summed E-state index contributed by atoms with van der Waals surface area (Å²) in [5, 5.41) is 50.7. The lowest BCUT2D eigenvalue weighted by molar-refractivity contribution is 0.174. The van der Waals surface area contributed by atoms with Crippen molar-refractivity contribution < 1.29 is 58.3 Å². The summed E-state index contributed by atoms with van der Waals surface area (Å²) in [7, 11) is 3.32. The number of aliphatic hydroxyl groups is 4. The third-order valence-corrected chi connectivity index (χ3v) is 17.0. The predicted molar refractivity (Wildman–Crippen MR) is 462 cm³/mol. The summed E-state index contributed by atoms with van der Waals surface area (Å²) >= 11 is 0. The first-order valence-electron chi connectivity index (χ1n) is 37.4. The minimum absolute atomic E-state index is 0.